The Morgan fingerprint density at radius 1 is 1.56 bits per heavy atom. The van der Waals surface area contributed by atoms with E-state index in [0.29, 0.717) is 23.2 Å². The first-order valence-corrected chi connectivity index (χ1v) is 5.36. The van der Waals surface area contributed by atoms with Gasteiger partial charge in [-0.3, -0.25) is 4.79 Å². The number of nitrogens with one attached hydrogen (secondary N) is 1. The lowest BCUT2D eigenvalue weighted by Crippen LogP contribution is -2.43. The van der Waals surface area contributed by atoms with Crippen LogP contribution in [0.15, 0.2) is 18.3 Å². The molecule has 4 nitrogen and oxygen atoms in total. The van der Waals surface area contributed by atoms with Gasteiger partial charge in [0.15, 0.2) is 0 Å². The van der Waals surface area contributed by atoms with Gasteiger partial charge in [0, 0.05) is 12.2 Å². The summed E-state index contributed by atoms with van der Waals surface area (Å²) in [5, 5.41) is 11.5. The van der Waals surface area contributed by atoms with Crippen LogP contribution in [0.4, 0.5) is 0 Å². The monoisotopic (exact) mass is 215 g/mol. The predicted octanol–water partition coefficient (Wildman–Crippen LogP) is 1.48. The first-order valence-electron chi connectivity index (χ1n) is 5.36. The molecule has 0 bridgehead atoms. The van der Waals surface area contributed by atoms with E-state index in [0.717, 1.165) is 12.8 Å². The third-order valence-electron chi connectivity index (χ3n) is 2.83. The molecule has 0 saturated heterocycles. The summed E-state index contributed by atoms with van der Waals surface area (Å²) < 4.78 is 0. The van der Waals surface area contributed by atoms with Gasteiger partial charge in [-0.1, -0.05) is 6.92 Å². The quantitative estimate of drug-likeness (QED) is 0.812. The highest BCUT2D eigenvalue weighted by molar-refractivity contribution is 5.92. The van der Waals surface area contributed by atoms with Gasteiger partial charge >= 0.3 is 0 Å². The van der Waals surface area contributed by atoms with Crippen molar-refractivity contribution in [3.8, 4) is 6.07 Å². The highest BCUT2D eigenvalue weighted by Gasteiger charge is 2.27. The molecule has 0 spiro atoms. The van der Waals surface area contributed by atoms with Crippen molar-refractivity contribution in [2.75, 3.05) is 0 Å². The molecule has 4 heteroatoms. The minimum atomic E-state index is -0.151. The van der Waals surface area contributed by atoms with Crippen molar-refractivity contribution in [2.24, 2.45) is 5.92 Å². The third kappa shape index (κ3) is 2.19. The lowest BCUT2D eigenvalue weighted by atomic mass is 9.82. The molecule has 1 N–H and O–H groups in total. The first-order chi connectivity index (χ1) is 7.69. The molecule has 1 aromatic rings. The summed E-state index contributed by atoms with van der Waals surface area (Å²) in [6, 6.07) is 5.44. The summed E-state index contributed by atoms with van der Waals surface area (Å²) in [6.07, 6.45) is 3.50. The zero-order chi connectivity index (χ0) is 11.5. The second kappa shape index (κ2) is 4.31. The molecular weight excluding hydrogens is 202 g/mol. The number of amides is 1. The molecule has 0 atom stereocenters. The van der Waals surface area contributed by atoms with Crippen LogP contribution in [0.1, 0.15) is 35.8 Å². The number of carbonyl (C=O) groups excluding carboxylic acids is 1. The van der Waals surface area contributed by atoms with Crippen LogP contribution in [0.3, 0.4) is 0 Å². The van der Waals surface area contributed by atoms with Crippen molar-refractivity contribution < 1.29 is 4.79 Å². The normalized spacial score (nSPS) is 23.0. The van der Waals surface area contributed by atoms with Gasteiger partial charge in [0.05, 0.1) is 5.56 Å². The summed E-state index contributed by atoms with van der Waals surface area (Å²) in [6.45, 7) is 2.17. The van der Waals surface area contributed by atoms with E-state index in [1.54, 1.807) is 12.1 Å². The molecule has 2 rings (SSSR count). The second-order valence-electron chi connectivity index (χ2n) is 4.29. The molecule has 0 radical (unpaired) electrons. The number of rotatable bonds is 2. The second-order valence-corrected chi connectivity index (χ2v) is 4.29. The zero-order valence-corrected chi connectivity index (χ0v) is 9.10. The van der Waals surface area contributed by atoms with E-state index in [9.17, 15) is 4.79 Å². The number of carbonyl (C=O) groups is 1. The average Bonchev–Trinajstić information content (AvgIpc) is 2.27. The van der Waals surface area contributed by atoms with Gasteiger partial charge in [-0.2, -0.15) is 5.26 Å². The highest BCUT2D eigenvalue weighted by atomic mass is 16.1. The van der Waals surface area contributed by atoms with Gasteiger partial charge in [-0.25, -0.2) is 4.98 Å². The van der Waals surface area contributed by atoms with Gasteiger partial charge in [0.1, 0.15) is 11.8 Å². The maximum absolute atomic E-state index is 11.7. The molecule has 0 aliphatic heterocycles. The Hall–Kier alpha value is -1.89. The molecule has 0 aromatic carbocycles. The molecule has 1 fully saturated rings. The standard InChI is InChI=1S/C12H13N3O/c1-8-4-10(5-8)15-12(16)11-3-2-9(6-13)7-14-11/h2-3,7-8,10H,4-5H2,1H3,(H,15,16). The van der Waals surface area contributed by atoms with Crippen LogP contribution in [0.25, 0.3) is 0 Å². The van der Waals surface area contributed by atoms with Crippen LogP contribution in [0.5, 0.6) is 0 Å². The average molecular weight is 215 g/mol. The van der Waals surface area contributed by atoms with Gasteiger partial charge in [0.2, 0.25) is 0 Å². The zero-order valence-electron chi connectivity index (χ0n) is 9.10. The predicted molar refractivity (Wildman–Crippen MR) is 58.6 cm³/mol. The van der Waals surface area contributed by atoms with Crippen LogP contribution in [-0.2, 0) is 0 Å². The highest BCUT2D eigenvalue weighted by Crippen LogP contribution is 2.26. The Morgan fingerprint density at radius 2 is 2.31 bits per heavy atom. The van der Waals surface area contributed by atoms with Gasteiger partial charge in [0.25, 0.3) is 5.91 Å². The number of nitrogens with zero attached hydrogens (tertiary/aromatic N) is 2. The van der Waals surface area contributed by atoms with E-state index >= 15 is 0 Å². The Labute approximate surface area is 94.3 Å². The lowest BCUT2D eigenvalue weighted by molar-refractivity contribution is 0.0891. The first kappa shape index (κ1) is 10.6. The smallest absolute Gasteiger partial charge is 0.270 e. The third-order valence-corrected chi connectivity index (χ3v) is 2.83. The molecular formula is C12H13N3O. The molecule has 1 heterocycles. The summed E-state index contributed by atoms with van der Waals surface area (Å²) in [5.41, 5.74) is 0.840. The van der Waals surface area contributed by atoms with Crippen LogP contribution >= 0.6 is 0 Å². The summed E-state index contributed by atoms with van der Waals surface area (Å²) in [5.74, 6) is 0.556. The van der Waals surface area contributed by atoms with Crippen LogP contribution in [-0.4, -0.2) is 16.9 Å². The van der Waals surface area contributed by atoms with E-state index in [4.69, 9.17) is 5.26 Å². The molecule has 1 saturated carbocycles. The maximum Gasteiger partial charge on any atom is 0.270 e. The number of aromatic nitrogens is 1. The summed E-state index contributed by atoms with van der Waals surface area (Å²) in [4.78, 5) is 15.6. The van der Waals surface area contributed by atoms with Crippen molar-refractivity contribution >= 4 is 5.91 Å². The van der Waals surface area contributed by atoms with E-state index in [2.05, 4.69) is 17.2 Å². The number of hydrogen-bond acceptors (Lipinski definition) is 3. The van der Waals surface area contributed by atoms with Crippen LogP contribution in [0, 0.1) is 17.2 Å². The largest absolute Gasteiger partial charge is 0.348 e. The van der Waals surface area contributed by atoms with Crippen molar-refractivity contribution in [2.45, 2.75) is 25.8 Å². The fourth-order valence-corrected chi connectivity index (χ4v) is 1.87. The molecule has 82 valence electrons. The number of hydrogen-bond donors (Lipinski definition) is 1. The SMILES string of the molecule is CC1CC(NC(=O)c2ccc(C#N)cn2)C1. The number of nitriles is 1. The van der Waals surface area contributed by atoms with Crippen molar-refractivity contribution in [3.05, 3.63) is 29.6 Å². The van der Waals surface area contributed by atoms with E-state index < -0.39 is 0 Å². The van der Waals surface area contributed by atoms with Crippen LogP contribution < -0.4 is 5.32 Å². The molecule has 1 aliphatic carbocycles. The number of pyridine rings is 1. The molecule has 0 unspecified atom stereocenters. The summed E-state index contributed by atoms with van der Waals surface area (Å²) >= 11 is 0. The maximum atomic E-state index is 11.7. The molecule has 1 aliphatic rings. The Balaban J connectivity index is 1.96. The molecule has 1 aromatic heterocycles. The van der Waals surface area contributed by atoms with Crippen molar-refractivity contribution in [3.63, 3.8) is 0 Å². The van der Waals surface area contributed by atoms with E-state index in [-0.39, 0.29) is 5.91 Å². The van der Waals surface area contributed by atoms with Crippen LogP contribution in [0.2, 0.25) is 0 Å². The topological polar surface area (TPSA) is 65.8 Å². The van der Waals surface area contributed by atoms with Gasteiger partial charge in [-0.15, -0.1) is 0 Å². The minimum absolute atomic E-state index is 0.151. The van der Waals surface area contributed by atoms with E-state index in [1.165, 1.54) is 6.20 Å². The Morgan fingerprint density at radius 3 is 2.81 bits per heavy atom. The minimum Gasteiger partial charge on any atom is -0.348 e. The summed E-state index contributed by atoms with van der Waals surface area (Å²) in [7, 11) is 0. The fourth-order valence-electron chi connectivity index (χ4n) is 1.87. The molecule has 16 heavy (non-hydrogen) atoms. The van der Waals surface area contributed by atoms with Crippen molar-refractivity contribution in [1.29, 1.82) is 5.26 Å². The molecule has 1 amide bonds. The van der Waals surface area contributed by atoms with Crippen molar-refractivity contribution in [1.82, 2.24) is 10.3 Å². The van der Waals surface area contributed by atoms with Gasteiger partial charge < -0.3 is 5.32 Å². The lowest BCUT2D eigenvalue weighted by Gasteiger charge is -2.33. The fraction of sp³-hybridized carbons (Fsp3) is 0.417. The van der Waals surface area contributed by atoms with E-state index in [1.807, 2.05) is 6.07 Å². The Kier molecular flexibility index (Phi) is 2.86. The Bertz CT molecular complexity index is 427. The van der Waals surface area contributed by atoms with Gasteiger partial charge in [-0.05, 0) is 30.9 Å².